The highest BCUT2D eigenvalue weighted by Gasteiger charge is 2.21. The maximum absolute atomic E-state index is 6.43. The second kappa shape index (κ2) is 5.97. The molecule has 4 aromatic rings. The molecule has 0 saturated heterocycles. The summed E-state index contributed by atoms with van der Waals surface area (Å²) in [5.74, 6) is 0.997. The van der Waals surface area contributed by atoms with Crippen LogP contribution >= 0.6 is 11.3 Å². The molecule has 0 radical (unpaired) electrons. The fourth-order valence-electron chi connectivity index (χ4n) is 3.01. The molecular formula is C19H18N4OS. The third kappa shape index (κ3) is 2.49. The van der Waals surface area contributed by atoms with Crippen LogP contribution in [0.1, 0.15) is 23.7 Å². The number of hydrogen-bond donors (Lipinski definition) is 1. The van der Waals surface area contributed by atoms with Crippen molar-refractivity contribution in [1.82, 2.24) is 15.1 Å². The first-order valence-corrected chi connectivity index (χ1v) is 8.99. The van der Waals surface area contributed by atoms with Gasteiger partial charge in [0, 0.05) is 16.6 Å². The highest BCUT2D eigenvalue weighted by atomic mass is 32.1. The number of aryl methyl sites for hydroxylation is 2. The first-order chi connectivity index (χ1) is 12.1. The molecule has 0 atom stereocenters. The van der Waals surface area contributed by atoms with Crippen LogP contribution in [0, 0.1) is 13.8 Å². The van der Waals surface area contributed by atoms with Crippen LogP contribution in [0.5, 0.6) is 0 Å². The quantitative estimate of drug-likeness (QED) is 0.575. The van der Waals surface area contributed by atoms with Gasteiger partial charge in [0.05, 0.1) is 5.69 Å². The third-order valence-corrected chi connectivity index (χ3v) is 5.61. The number of anilines is 1. The van der Waals surface area contributed by atoms with E-state index in [1.165, 1.54) is 22.5 Å². The summed E-state index contributed by atoms with van der Waals surface area (Å²) in [6.45, 7) is 6.31. The number of aromatic nitrogens is 3. The Kier molecular flexibility index (Phi) is 3.77. The number of rotatable bonds is 3. The zero-order valence-corrected chi connectivity index (χ0v) is 15.1. The lowest BCUT2D eigenvalue weighted by molar-refractivity contribution is 0.432. The van der Waals surface area contributed by atoms with Crippen molar-refractivity contribution in [3.05, 3.63) is 47.2 Å². The summed E-state index contributed by atoms with van der Waals surface area (Å²) in [6.07, 6.45) is 0.899. The second-order valence-corrected chi connectivity index (χ2v) is 6.98. The van der Waals surface area contributed by atoms with Gasteiger partial charge in [0.15, 0.2) is 0 Å². The van der Waals surface area contributed by atoms with Crippen molar-refractivity contribution < 1.29 is 4.52 Å². The molecule has 0 fully saturated rings. The number of pyridine rings is 1. The number of nitrogen functional groups attached to an aromatic ring is 1. The van der Waals surface area contributed by atoms with Crippen LogP contribution in [0.3, 0.4) is 0 Å². The van der Waals surface area contributed by atoms with Crippen LogP contribution in [-0.4, -0.2) is 15.1 Å². The Morgan fingerprint density at radius 2 is 1.84 bits per heavy atom. The standard InChI is InChI=1S/C19H18N4OS/c1-4-13-10(2)11(3)14-15(20)16(25-19(14)21-13)17-22-18(24-23-17)12-8-6-5-7-9-12/h5-9H,4,20H2,1-3H3. The van der Waals surface area contributed by atoms with Gasteiger partial charge in [-0.1, -0.05) is 30.3 Å². The Morgan fingerprint density at radius 1 is 1.08 bits per heavy atom. The number of benzene rings is 1. The van der Waals surface area contributed by atoms with Crippen molar-refractivity contribution in [2.24, 2.45) is 0 Å². The van der Waals surface area contributed by atoms with Crippen LogP contribution in [-0.2, 0) is 6.42 Å². The lowest BCUT2D eigenvalue weighted by Gasteiger charge is -2.07. The Bertz CT molecular complexity index is 1070. The van der Waals surface area contributed by atoms with Crippen molar-refractivity contribution in [2.75, 3.05) is 5.73 Å². The van der Waals surface area contributed by atoms with E-state index in [0.717, 1.165) is 32.8 Å². The Balaban J connectivity index is 1.87. The first kappa shape index (κ1) is 15.8. The van der Waals surface area contributed by atoms with E-state index in [-0.39, 0.29) is 0 Å². The smallest absolute Gasteiger partial charge is 0.258 e. The number of nitrogens with zero attached hydrogens (tertiary/aromatic N) is 3. The van der Waals surface area contributed by atoms with E-state index in [0.29, 0.717) is 17.4 Å². The van der Waals surface area contributed by atoms with E-state index in [9.17, 15) is 0 Å². The molecule has 0 aliphatic heterocycles. The molecule has 25 heavy (non-hydrogen) atoms. The summed E-state index contributed by atoms with van der Waals surface area (Å²) in [5, 5.41) is 5.13. The molecule has 0 aliphatic carbocycles. The Labute approximate surface area is 149 Å². The van der Waals surface area contributed by atoms with Crippen molar-refractivity contribution in [3.8, 4) is 22.2 Å². The van der Waals surface area contributed by atoms with Gasteiger partial charge in [0.1, 0.15) is 9.71 Å². The molecule has 126 valence electrons. The number of nitrogens with two attached hydrogens (primary N) is 1. The Morgan fingerprint density at radius 3 is 2.56 bits per heavy atom. The van der Waals surface area contributed by atoms with Gasteiger partial charge < -0.3 is 10.3 Å². The molecule has 1 aromatic carbocycles. The SMILES string of the molecule is CCc1nc2sc(-c3noc(-c4ccccc4)n3)c(N)c2c(C)c1C. The molecule has 0 saturated carbocycles. The molecule has 3 aromatic heterocycles. The van der Waals surface area contributed by atoms with Crippen LogP contribution < -0.4 is 5.73 Å². The average Bonchev–Trinajstić information content (AvgIpc) is 3.24. The molecule has 0 aliphatic rings. The van der Waals surface area contributed by atoms with Crippen molar-refractivity contribution in [3.63, 3.8) is 0 Å². The summed E-state index contributed by atoms with van der Waals surface area (Å²) in [6, 6.07) is 9.71. The zero-order valence-electron chi connectivity index (χ0n) is 14.3. The molecule has 4 rings (SSSR count). The van der Waals surface area contributed by atoms with E-state index in [1.807, 2.05) is 30.3 Å². The molecule has 0 spiro atoms. The molecule has 2 N–H and O–H groups in total. The minimum absolute atomic E-state index is 0.488. The van der Waals surface area contributed by atoms with Gasteiger partial charge in [-0.25, -0.2) is 4.98 Å². The van der Waals surface area contributed by atoms with Gasteiger partial charge >= 0.3 is 0 Å². The molecular weight excluding hydrogens is 332 g/mol. The van der Waals surface area contributed by atoms with E-state index in [1.54, 1.807) is 0 Å². The van der Waals surface area contributed by atoms with Gasteiger partial charge in [-0.05, 0) is 43.5 Å². The van der Waals surface area contributed by atoms with Crippen LogP contribution in [0.15, 0.2) is 34.9 Å². The van der Waals surface area contributed by atoms with Gasteiger partial charge in [0.2, 0.25) is 5.82 Å². The van der Waals surface area contributed by atoms with Crippen LogP contribution in [0.4, 0.5) is 5.69 Å². The van der Waals surface area contributed by atoms with E-state index >= 15 is 0 Å². The predicted octanol–water partition coefficient (Wildman–Crippen LogP) is 4.77. The zero-order chi connectivity index (χ0) is 17.6. The second-order valence-electron chi connectivity index (χ2n) is 5.98. The summed E-state index contributed by atoms with van der Waals surface area (Å²) >= 11 is 1.52. The average molecular weight is 350 g/mol. The van der Waals surface area contributed by atoms with E-state index in [2.05, 4.69) is 30.9 Å². The minimum atomic E-state index is 0.488. The van der Waals surface area contributed by atoms with Crippen molar-refractivity contribution in [1.29, 1.82) is 0 Å². The van der Waals surface area contributed by atoms with E-state index in [4.69, 9.17) is 15.2 Å². The van der Waals surface area contributed by atoms with Gasteiger partial charge in [0.25, 0.3) is 5.89 Å². The van der Waals surface area contributed by atoms with Crippen molar-refractivity contribution in [2.45, 2.75) is 27.2 Å². The van der Waals surface area contributed by atoms with Gasteiger partial charge in [-0.15, -0.1) is 11.3 Å². The third-order valence-electron chi connectivity index (χ3n) is 4.52. The van der Waals surface area contributed by atoms with Gasteiger partial charge in [-0.2, -0.15) is 4.98 Å². The molecule has 0 amide bonds. The summed E-state index contributed by atoms with van der Waals surface area (Å²) in [5.41, 5.74) is 11.5. The topological polar surface area (TPSA) is 77.8 Å². The molecule has 3 heterocycles. The van der Waals surface area contributed by atoms with Crippen LogP contribution in [0.2, 0.25) is 0 Å². The minimum Gasteiger partial charge on any atom is -0.397 e. The lowest BCUT2D eigenvalue weighted by atomic mass is 10.0. The van der Waals surface area contributed by atoms with Crippen molar-refractivity contribution >= 4 is 27.2 Å². The van der Waals surface area contributed by atoms with E-state index < -0.39 is 0 Å². The monoisotopic (exact) mass is 350 g/mol. The molecule has 5 nitrogen and oxygen atoms in total. The predicted molar refractivity (Wildman–Crippen MR) is 102 cm³/mol. The lowest BCUT2D eigenvalue weighted by Crippen LogP contribution is -1.96. The maximum Gasteiger partial charge on any atom is 0.258 e. The largest absolute Gasteiger partial charge is 0.397 e. The normalized spacial score (nSPS) is 11.3. The number of hydrogen-bond acceptors (Lipinski definition) is 6. The highest BCUT2D eigenvalue weighted by Crippen LogP contribution is 2.41. The molecule has 6 heteroatoms. The summed E-state index contributed by atoms with van der Waals surface area (Å²) in [4.78, 5) is 11.0. The first-order valence-electron chi connectivity index (χ1n) is 8.17. The van der Waals surface area contributed by atoms with Crippen LogP contribution in [0.25, 0.3) is 32.4 Å². The maximum atomic E-state index is 6.43. The molecule has 0 unspecified atom stereocenters. The number of fused-ring (bicyclic) bond motifs is 1. The fourth-order valence-corrected chi connectivity index (χ4v) is 4.11. The highest BCUT2D eigenvalue weighted by molar-refractivity contribution is 7.22. The number of thiophene rings is 1. The van der Waals surface area contributed by atoms with Gasteiger partial charge in [-0.3, -0.25) is 0 Å². The fraction of sp³-hybridized carbons (Fsp3) is 0.211. The Hall–Kier alpha value is -2.73. The molecule has 0 bridgehead atoms. The summed E-state index contributed by atoms with van der Waals surface area (Å²) in [7, 11) is 0. The summed E-state index contributed by atoms with van der Waals surface area (Å²) < 4.78 is 5.42.